The highest BCUT2D eigenvalue weighted by Gasteiger charge is 2.04. The molecule has 4 heteroatoms. The first-order chi connectivity index (χ1) is 6.31. The van der Waals surface area contributed by atoms with E-state index >= 15 is 0 Å². The van der Waals surface area contributed by atoms with Crippen molar-refractivity contribution in [2.45, 2.75) is 0 Å². The molecular weight excluding hydrogens is 184 g/mol. The average Bonchev–Trinajstić information content (AvgIpc) is 2.63. The van der Waals surface area contributed by atoms with E-state index in [4.69, 9.17) is 0 Å². The number of rotatable bonds is 1. The van der Waals surface area contributed by atoms with Crippen molar-refractivity contribution in [3.63, 3.8) is 0 Å². The Kier molecular flexibility index (Phi) is 1.98. The van der Waals surface area contributed by atoms with Gasteiger partial charge in [0.25, 0.3) is 5.91 Å². The Morgan fingerprint density at radius 2 is 2.38 bits per heavy atom. The van der Waals surface area contributed by atoms with E-state index in [2.05, 4.69) is 17.3 Å². The van der Waals surface area contributed by atoms with E-state index < -0.39 is 0 Å². The number of hydrogen-bond acceptors (Lipinski definition) is 3. The molecule has 0 atom stereocenters. The fourth-order valence-corrected chi connectivity index (χ4v) is 1.81. The van der Waals surface area contributed by atoms with Crippen molar-refractivity contribution < 1.29 is 4.79 Å². The minimum absolute atomic E-state index is 0.171. The van der Waals surface area contributed by atoms with E-state index in [1.165, 1.54) is 11.3 Å². The minimum Gasteiger partial charge on any atom is -0.350 e. The maximum atomic E-state index is 11.2. The van der Waals surface area contributed by atoms with Gasteiger partial charge in [0.15, 0.2) is 0 Å². The lowest BCUT2D eigenvalue weighted by Crippen LogP contribution is -2.15. The molecule has 0 spiro atoms. The number of hydrogen-bond donors (Lipinski definition) is 1. The van der Waals surface area contributed by atoms with Crippen LogP contribution < -0.4 is 5.32 Å². The molecule has 0 saturated carbocycles. The van der Waals surface area contributed by atoms with Crippen molar-refractivity contribution in [2.75, 3.05) is 0 Å². The lowest BCUT2D eigenvalue weighted by atomic mass is 10.2. The predicted octanol–water partition coefficient (Wildman–Crippen LogP) is 1.82. The summed E-state index contributed by atoms with van der Waals surface area (Å²) in [4.78, 5) is 15.3. The van der Waals surface area contributed by atoms with Crippen molar-refractivity contribution in [1.29, 1.82) is 0 Å². The van der Waals surface area contributed by atoms with Crippen LogP contribution in [0.2, 0.25) is 0 Å². The van der Waals surface area contributed by atoms with E-state index in [-0.39, 0.29) is 5.91 Å². The summed E-state index contributed by atoms with van der Waals surface area (Å²) in [7, 11) is 3.32. The smallest absolute Gasteiger partial charge is 0.251 e. The van der Waals surface area contributed by atoms with Gasteiger partial charge in [-0.2, -0.15) is 0 Å². The first-order valence-electron chi connectivity index (χ1n) is 3.72. The molecule has 1 N–H and O–H groups in total. The Bertz CT molecular complexity index is 450. The molecule has 0 aliphatic rings. The van der Waals surface area contributed by atoms with Crippen LogP contribution in [-0.4, -0.2) is 10.9 Å². The van der Waals surface area contributed by atoms with Crippen molar-refractivity contribution in [2.24, 2.45) is 0 Å². The third-order valence-electron chi connectivity index (χ3n) is 1.75. The summed E-state index contributed by atoms with van der Waals surface area (Å²) in [6, 6.07) is 5.38. The van der Waals surface area contributed by atoms with Crippen LogP contribution in [-0.2, 0) is 0 Å². The molecular formula is C9H7N2OS. The van der Waals surface area contributed by atoms with Crippen LogP contribution in [0.25, 0.3) is 10.2 Å². The zero-order chi connectivity index (χ0) is 9.26. The normalized spacial score (nSPS) is 10.2. The average molecular weight is 191 g/mol. The molecule has 0 aliphatic carbocycles. The van der Waals surface area contributed by atoms with Crippen molar-refractivity contribution >= 4 is 27.5 Å². The molecule has 2 rings (SSSR count). The molecule has 0 fully saturated rings. The van der Waals surface area contributed by atoms with Crippen LogP contribution in [0, 0.1) is 7.05 Å². The van der Waals surface area contributed by atoms with E-state index in [1.54, 1.807) is 11.6 Å². The zero-order valence-electron chi connectivity index (χ0n) is 6.78. The molecule has 0 unspecified atom stereocenters. The second kappa shape index (κ2) is 3.14. The molecule has 0 aliphatic heterocycles. The number of nitrogens with one attached hydrogen (secondary N) is 1. The molecule has 65 valence electrons. The second-order valence-electron chi connectivity index (χ2n) is 2.54. The molecule has 1 radical (unpaired) electrons. The van der Waals surface area contributed by atoms with E-state index in [0.29, 0.717) is 5.56 Å². The first kappa shape index (κ1) is 8.19. The monoisotopic (exact) mass is 191 g/mol. The Balaban J connectivity index is 2.54. The molecule has 13 heavy (non-hydrogen) atoms. The highest BCUT2D eigenvalue weighted by atomic mass is 32.1. The summed E-state index contributed by atoms with van der Waals surface area (Å²) >= 11 is 1.52. The number of carbonyl (C=O) groups excluding carboxylic acids is 1. The number of nitrogens with zero attached hydrogens (tertiary/aromatic N) is 1. The van der Waals surface area contributed by atoms with Crippen LogP contribution in [0.3, 0.4) is 0 Å². The second-order valence-corrected chi connectivity index (χ2v) is 3.43. The maximum absolute atomic E-state index is 11.2. The van der Waals surface area contributed by atoms with Crippen LogP contribution in [0.4, 0.5) is 0 Å². The molecule has 1 heterocycles. The van der Waals surface area contributed by atoms with Gasteiger partial charge in [0.1, 0.15) is 0 Å². The topological polar surface area (TPSA) is 42.0 Å². The lowest BCUT2D eigenvalue weighted by molar-refractivity contribution is 0.0969. The van der Waals surface area contributed by atoms with Crippen molar-refractivity contribution in [3.8, 4) is 0 Å². The standard InChI is InChI=1S/C9H7N2OS/c1-10-9(12)6-2-3-7-8(4-6)13-5-11-7/h2-5H,1H2,(H,10,12). The quantitative estimate of drug-likeness (QED) is 0.747. The lowest BCUT2D eigenvalue weighted by Gasteiger charge is -1.97. The largest absolute Gasteiger partial charge is 0.350 e. The summed E-state index contributed by atoms with van der Waals surface area (Å²) in [5.41, 5.74) is 3.30. The number of thiazole rings is 1. The fraction of sp³-hybridized carbons (Fsp3) is 0. The Hall–Kier alpha value is -1.42. The van der Waals surface area contributed by atoms with E-state index in [9.17, 15) is 4.79 Å². The molecule has 1 amide bonds. The first-order valence-corrected chi connectivity index (χ1v) is 4.60. The van der Waals surface area contributed by atoms with Crippen LogP contribution >= 0.6 is 11.3 Å². The summed E-state index contributed by atoms with van der Waals surface area (Å²) < 4.78 is 1.01. The third kappa shape index (κ3) is 1.40. The highest BCUT2D eigenvalue weighted by Crippen LogP contribution is 2.18. The number of fused-ring (bicyclic) bond motifs is 1. The van der Waals surface area contributed by atoms with Gasteiger partial charge in [-0.05, 0) is 18.2 Å². The van der Waals surface area contributed by atoms with Gasteiger partial charge >= 0.3 is 0 Å². The number of aromatic nitrogens is 1. The highest BCUT2D eigenvalue weighted by molar-refractivity contribution is 7.16. The molecule has 2 aromatic rings. The van der Waals surface area contributed by atoms with Gasteiger partial charge in [-0.1, -0.05) is 0 Å². The van der Waals surface area contributed by atoms with Gasteiger partial charge in [0.05, 0.1) is 15.7 Å². The van der Waals surface area contributed by atoms with Crippen molar-refractivity contribution in [1.82, 2.24) is 10.3 Å². The van der Waals surface area contributed by atoms with Gasteiger partial charge in [0.2, 0.25) is 0 Å². The summed E-state index contributed by atoms with van der Waals surface area (Å²) in [6.07, 6.45) is 0. The van der Waals surface area contributed by atoms with Crippen molar-refractivity contribution in [3.05, 3.63) is 36.3 Å². The van der Waals surface area contributed by atoms with E-state index in [0.717, 1.165) is 10.2 Å². The Labute approximate surface area is 79.4 Å². The van der Waals surface area contributed by atoms with Crippen LogP contribution in [0.15, 0.2) is 23.7 Å². The molecule has 1 aromatic carbocycles. The Morgan fingerprint density at radius 1 is 1.54 bits per heavy atom. The Morgan fingerprint density at radius 3 is 3.15 bits per heavy atom. The number of amides is 1. The molecule has 1 aromatic heterocycles. The maximum Gasteiger partial charge on any atom is 0.251 e. The van der Waals surface area contributed by atoms with Gasteiger partial charge in [0, 0.05) is 12.6 Å². The zero-order valence-corrected chi connectivity index (χ0v) is 7.60. The van der Waals surface area contributed by atoms with Crippen LogP contribution in [0.1, 0.15) is 10.4 Å². The number of carbonyl (C=O) groups is 1. The molecule has 3 nitrogen and oxygen atoms in total. The minimum atomic E-state index is -0.171. The van der Waals surface area contributed by atoms with Gasteiger partial charge < -0.3 is 5.32 Å². The van der Waals surface area contributed by atoms with Crippen LogP contribution in [0.5, 0.6) is 0 Å². The number of benzene rings is 1. The summed E-state index contributed by atoms with van der Waals surface area (Å²) in [5.74, 6) is -0.171. The summed E-state index contributed by atoms with van der Waals surface area (Å²) in [5, 5.41) is 2.33. The third-order valence-corrected chi connectivity index (χ3v) is 2.55. The molecule has 0 bridgehead atoms. The fourth-order valence-electron chi connectivity index (χ4n) is 1.10. The van der Waals surface area contributed by atoms with E-state index in [1.807, 2.05) is 12.1 Å². The summed E-state index contributed by atoms with van der Waals surface area (Å²) in [6.45, 7) is 0. The van der Waals surface area contributed by atoms with Gasteiger partial charge in [-0.15, -0.1) is 11.3 Å². The predicted molar refractivity (Wildman–Crippen MR) is 52.4 cm³/mol. The molecule has 0 saturated heterocycles. The SMILES string of the molecule is [CH2]NC(=O)c1ccc2ncsc2c1. The van der Waals surface area contributed by atoms with Gasteiger partial charge in [-0.25, -0.2) is 4.98 Å². The van der Waals surface area contributed by atoms with Gasteiger partial charge in [-0.3, -0.25) is 4.79 Å².